The van der Waals surface area contributed by atoms with E-state index in [1.807, 2.05) is 11.3 Å². The molecule has 372 valence electrons. The Hall–Kier alpha value is -10.1. The SMILES string of the molecule is c1ccc(-c2ccc(N(c3ccc4c(c3)C3(c5ccccc5-c5ccccc53)c3ccccc3-4)c3ccc4c5c6c(sc7ccc(-c8ccccc8)cc76)c(-c6ccc7ccccc7c6)cc5n(-c5ccccc5)c4c3)cc2)cc1. The molecule has 0 N–H and O–H groups in total. The fourth-order valence-corrected chi connectivity index (χ4v) is 15.1. The first-order valence-electron chi connectivity index (χ1n) is 27.6. The molecule has 0 saturated carbocycles. The van der Waals surface area contributed by atoms with Gasteiger partial charge in [-0.2, -0.15) is 0 Å². The summed E-state index contributed by atoms with van der Waals surface area (Å²) < 4.78 is 5.10. The van der Waals surface area contributed by atoms with Crippen molar-refractivity contribution in [3.63, 3.8) is 0 Å². The maximum absolute atomic E-state index is 2.53. The topological polar surface area (TPSA) is 8.17 Å². The van der Waals surface area contributed by atoms with Gasteiger partial charge >= 0.3 is 0 Å². The van der Waals surface area contributed by atoms with Crippen LogP contribution >= 0.6 is 11.3 Å². The third-order valence-electron chi connectivity index (χ3n) is 17.4. The van der Waals surface area contributed by atoms with Gasteiger partial charge in [0.2, 0.25) is 0 Å². The molecule has 2 aromatic heterocycles. The summed E-state index contributed by atoms with van der Waals surface area (Å²) in [7, 11) is 0. The number of fused-ring (bicyclic) bond motifs is 18. The minimum atomic E-state index is -0.487. The lowest BCUT2D eigenvalue weighted by atomic mass is 9.70. The van der Waals surface area contributed by atoms with Crippen LogP contribution in [0.25, 0.3) is 114 Å². The van der Waals surface area contributed by atoms with Crippen molar-refractivity contribution < 1.29 is 0 Å². The van der Waals surface area contributed by atoms with Gasteiger partial charge in [0.25, 0.3) is 0 Å². The summed E-state index contributed by atoms with van der Waals surface area (Å²) in [5.41, 5.74) is 24.0. The molecule has 0 amide bonds. The van der Waals surface area contributed by atoms with Crippen LogP contribution in [0.2, 0.25) is 0 Å². The highest BCUT2D eigenvalue weighted by Gasteiger charge is 2.51. The molecular formula is C77H48N2S. The molecule has 0 aliphatic heterocycles. The Morgan fingerprint density at radius 2 is 0.825 bits per heavy atom. The van der Waals surface area contributed by atoms with Gasteiger partial charge in [0.1, 0.15) is 0 Å². The van der Waals surface area contributed by atoms with Gasteiger partial charge < -0.3 is 9.47 Å². The zero-order chi connectivity index (χ0) is 52.5. The van der Waals surface area contributed by atoms with Crippen LogP contribution in [0.3, 0.4) is 0 Å². The van der Waals surface area contributed by atoms with Gasteiger partial charge in [0.05, 0.1) is 16.4 Å². The number of hydrogen-bond donors (Lipinski definition) is 0. The van der Waals surface area contributed by atoms with Crippen LogP contribution in [0.15, 0.2) is 291 Å². The molecule has 13 aromatic carbocycles. The molecule has 0 saturated heterocycles. The zero-order valence-electron chi connectivity index (χ0n) is 43.5. The molecule has 2 heterocycles. The maximum atomic E-state index is 2.53. The lowest BCUT2D eigenvalue weighted by Crippen LogP contribution is -2.26. The number of aromatic nitrogens is 1. The molecule has 17 rings (SSSR count). The highest BCUT2D eigenvalue weighted by atomic mass is 32.1. The highest BCUT2D eigenvalue weighted by Crippen LogP contribution is 2.63. The predicted molar refractivity (Wildman–Crippen MR) is 338 cm³/mol. The van der Waals surface area contributed by atoms with Crippen LogP contribution in [-0.2, 0) is 5.41 Å². The van der Waals surface area contributed by atoms with Crippen molar-refractivity contribution in [2.75, 3.05) is 4.90 Å². The van der Waals surface area contributed by atoms with Gasteiger partial charge in [0, 0.05) is 59.3 Å². The molecule has 0 radical (unpaired) electrons. The van der Waals surface area contributed by atoms with Crippen molar-refractivity contribution in [3.8, 4) is 61.3 Å². The van der Waals surface area contributed by atoms with E-state index in [0.717, 1.165) is 28.3 Å². The summed E-state index contributed by atoms with van der Waals surface area (Å²) in [6.07, 6.45) is 0. The summed E-state index contributed by atoms with van der Waals surface area (Å²) in [6, 6.07) is 109. The van der Waals surface area contributed by atoms with Crippen LogP contribution in [-0.4, -0.2) is 4.57 Å². The molecule has 2 aliphatic rings. The Kier molecular flexibility index (Phi) is 9.83. The molecule has 15 aromatic rings. The lowest BCUT2D eigenvalue weighted by Gasteiger charge is -2.32. The molecule has 2 aliphatic carbocycles. The minimum Gasteiger partial charge on any atom is -0.310 e. The van der Waals surface area contributed by atoms with Gasteiger partial charge in [-0.3, -0.25) is 0 Å². The molecule has 3 heteroatoms. The van der Waals surface area contributed by atoms with Crippen LogP contribution in [0, 0.1) is 0 Å². The first-order chi connectivity index (χ1) is 39.7. The predicted octanol–water partition coefficient (Wildman–Crippen LogP) is 21.1. The maximum Gasteiger partial charge on any atom is 0.0726 e. The lowest BCUT2D eigenvalue weighted by molar-refractivity contribution is 0.793. The first-order valence-corrected chi connectivity index (χ1v) is 28.5. The van der Waals surface area contributed by atoms with Crippen molar-refractivity contribution in [1.82, 2.24) is 4.57 Å². The molecule has 1 spiro atoms. The Morgan fingerprint density at radius 1 is 0.300 bits per heavy atom. The Labute approximate surface area is 468 Å². The molecular weight excluding hydrogens is 985 g/mol. The molecule has 0 fully saturated rings. The standard InChI is InChI=1S/C77H48N2S/c1-4-18-49(19-5-1)52-34-37-57(38-35-52)78(58-39-41-63-62-28-14-17-31-69(62)77(70(63)46-58)67-29-15-12-26-60(67)61-27-13-16-30-68(61)77)59-40-42-64-71(47-59)79(56-24-8-3-9-25-56)72-48-65(55-33-32-51-22-10-11-23-53(51)44-55)76-75(74(64)72)66-45-54(36-43-73(66)80-76)50-20-6-2-7-21-50/h1-48H. The fraction of sp³-hybridized carbons (Fsp3) is 0.0130. The van der Waals surface area contributed by atoms with Gasteiger partial charge in [-0.25, -0.2) is 0 Å². The Balaban J connectivity index is 0.951. The first kappa shape index (κ1) is 45.0. The summed E-state index contributed by atoms with van der Waals surface area (Å²) in [4.78, 5) is 2.49. The van der Waals surface area contributed by atoms with Crippen LogP contribution in [0.5, 0.6) is 0 Å². The zero-order valence-corrected chi connectivity index (χ0v) is 44.3. The van der Waals surface area contributed by atoms with Crippen molar-refractivity contribution in [2.45, 2.75) is 5.41 Å². The number of anilines is 3. The number of para-hydroxylation sites is 1. The van der Waals surface area contributed by atoms with E-state index in [2.05, 4.69) is 301 Å². The third kappa shape index (κ3) is 6.53. The third-order valence-corrected chi connectivity index (χ3v) is 18.6. The van der Waals surface area contributed by atoms with E-state index in [-0.39, 0.29) is 0 Å². The number of hydrogen-bond acceptors (Lipinski definition) is 2. The second-order valence-corrected chi connectivity index (χ2v) is 22.6. The highest BCUT2D eigenvalue weighted by molar-refractivity contribution is 7.26. The van der Waals surface area contributed by atoms with E-state index in [1.54, 1.807) is 0 Å². The largest absolute Gasteiger partial charge is 0.310 e. The van der Waals surface area contributed by atoms with Gasteiger partial charge in [0.15, 0.2) is 0 Å². The van der Waals surface area contributed by atoms with E-state index in [9.17, 15) is 0 Å². The Bertz CT molecular complexity index is 4930. The molecule has 0 unspecified atom stereocenters. The van der Waals surface area contributed by atoms with E-state index in [4.69, 9.17) is 0 Å². The van der Waals surface area contributed by atoms with E-state index >= 15 is 0 Å². The second kappa shape index (κ2) is 17.5. The summed E-state index contributed by atoms with van der Waals surface area (Å²) in [5, 5.41) is 7.53. The average molecular weight is 1030 g/mol. The van der Waals surface area contributed by atoms with Gasteiger partial charge in [-0.15, -0.1) is 11.3 Å². The van der Waals surface area contributed by atoms with Crippen molar-refractivity contribution in [3.05, 3.63) is 313 Å². The smallest absolute Gasteiger partial charge is 0.0726 e. The molecule has 0 bridgehead atoms. The number of thiophene rings is 1. The minimum absolute atomic E-state index is 0.487. The van der Waals surface area contributed by atoms with E-state index < -0.39 is 5.41 Å². The quantitative estimate of drug-likeness (QED) is 0.154. The van der Waals surface area contributed by atoms with Gasteiger partial charge in [-0.1, -0.05) is 218 Å². The number of rotatable bonds is 7. The summed E-state index contributed by atoms with van der Waals surface area (Å²) in [5.74, 6) is 0. The monoisotopic (exact) mass is 1030 g/mol. The number of benzene rings is 13. The van der Waals surface area contributed by atoms with Crippen LogP contribution < -0.4 is 4.90 Å². The van der Waals surface area contributed by atoms with Gasteiger partial charge in [-0.05, 0) is 156 Å². The summed E-state index contributed by atoms with van der Waals surface area (Å²) in [6.45, 7) is 0. The van der Waals surface area contributed by atoms with E-state index in [1.165, 1.54) is 125 Å². The normalized spacial score (nSPS) is 12.8. The fourth-order valence-electron chi connectivity index (χ4n) is 13.9. The second-order valence-electron chi connectivity index (χ2n) is 21.5. The average Bonchev–Trinajstić information content (AvgIpc) is 4.45. The van der Waals surface area contributed by atoms with Crippen molar-refractivity contribution in [1.29, 1.82) is 0 Å². The van der Waals surface area contributed by atoms with Crippen molar-refractivity contribution in [2.24, 2.45) is 0 Å². The molecule has 0 atom stereocenters. The van der Waals surface area contributed by atoms with Crippen LogP contribution in [0.1, 0.15) is 22.3 Å². The molecule has 80 heavy (non-hydrogen) atoms. The van der Waals surface area contributed by atoms with Crippen molar-refractivity contribution >= 4 is 81.1 Å². The summed E-state index contributed by atoms with van der Waals surface area (Å²) >= 11 is 1.91. The Morgan fingerprint density at radius 3 is 1.51 bits per heavy atom. The van der Waals surface area contributed by atoms with Crippen LogP contribution in [0.4, 0.5) is 17.1 Å². The number of nitrogens with zero attached hydrogens (tertiary/aromatic N) is 2. The van der Waals surface area contributed by atoms with E-state index in [0.29, 0.717) is 0 Å². The molecule has 2 nitrogen and oxygen atoms in total.